The van der Waals surface area contributed by atoms with E-state index in [-0.39, 0.29) is 0 Å². The van der Waals surface area contributed by atoms with Gasteiger partial charge in [0.2, 0.25) is 0 Å². The van der Waals surface area contributed by atoms with Gasteiger partial charge in [-0.25, -0.2) is 4.98 Å². The fourth-order valence-electron chi connectivity index (χ4n) is 0.933. The lowest BCUT2D eigenvalue weighted by atomic mass is 10.4. The predicted molar refractivity (Wildman–Crippen MR) is 48.7 cm³/mol. The van der Waals surface area contributed by atoms with E-state index >= 15 is 0 Å². The highest BCUT2D eigenvalue weighted by Crippen LogP contribution is 2.05. The molecule has 0 aliphatic heterocycles. The normalized spacial score (nSPS) is 9.27. The van der Waals surface area contributed by atoms with Crippen molar-refractivity contribution in [1.29, 1.82) is 0 Å². The molecule has 0 aliphatic rings. The Morgan fingerprint density at radius 3 is 2.09 bits per heavy atom. The lowest BCUT2D eigenvalue weighted by molar-refractivity contribution is 0.582. The molecule has 0 saturated carbocycles. The molecule has 0 radical (unpaired) electrons. The third kappa shape index (κ3) is 2.74. The summed E-state index contributed by atoms with van der Waals surface area (Å²) in [6.45, 7) is 10.3. The van der Waals surface area contributed by atoms with Gasteiger partial charge in [-0.15, -0.1) is 0 Å². The van der Waals surface area contributed by atoms with E-state index in [0.717, 1.165) is 5.82 Å². The zero-order valence-electron chi connectivity index (χ0n) is 8.13. The molecule has 1 aromatic rings. The molecule has 0 fully saturated rings. The van der Waals surface area contributed by atoms with E-state index in [9.17, 15) is 0 Å². The Bertz CT molecular complexity index is 189. The van der Waals surface area contributed by atoms with Crippen molar-refractivity contribution in [3.8, 4) is 0 Å². The van der Waals surface area contributed by atoms with Gasteiger partial charge in [-0.1, -0.05) is 13.8 Å². The number of rotatable bonds is 1. The third-order valence-electron chi connectivity index (χ3n) is 1.42. The quantitative estimate of drug-likeness (QED) is 0.608. The van der Waals surface area contributed by atoms with Crippen LogP contribution in [0.15, 0.2) is 12.4 Å². The molecule has 11 heavy (non-hydrogen) atoms. The van der Waals surface area contributed by atoms with Crippen molar-refractivity contribution >= 4 is 0 Å². The van der Waals surface area contributed by atoms with Crippen molar-refractivity contribution in [3.63, 3.8) is 0 Å². The zero-order chi connectivity index (χ0) is 8.85. The Morgan fingerprint density at radius 1 is 1.36 bits per heavy atom. The average Bonchev–Trinajstić information content (AvgIpc) is 2.39. The molecule has 2 nitrogen and oxygen atoms in total. The van der Waals surface area contributed by atoms with E-state index in [1.54, 1.807) is 0 Å². The van der Waals surface area contributed by atoms with E-state index in [2.05, 4.69) is 23.4 Å². The van der Waals surface area contributed by atoms with Crippen molar-refractivity contribution in [2.45, 2.75) is 40.7 Å². The Labute approximate surface area is 69.3 Å². The Kier molecular flexibility index (Phi) is 4.59. The van der Waals surface area contributed by atoms with Crippen LogP contribution in [0.3, 0.4) is 0 Å². The molecule has 0 amide bonds. The molecule has 0 bridgehead atoms. The molecule has 0 aromatic carbocycles. The van der Waals surface area contributed by atoms with Gasteiger partial charge in [-0.2, -0.15) is 0 Å². The molecule has 2 heteroatoms. The first kappa shape index (κ1) is 10.2. The van der Waals surface area contributed by atoms with Gasteiger partial charge in [-0.05, 0) is 20.8 Å². The first-order chi connectivity index (χ1) is 5.22. The van der Waals surface area contributed by atoms with Crippen molar-refractivity contribution in [2.24, 2.45) is 0 Å². The van der Waals surface area contributed by atoms with Crippen LogP contribution in [0.25, 0.3) is 0 Å². The summed E-state index contributed by atoms with van der Waals surface area (Å²) >= 11 is 0. The standard InChI is InChI=1S/C7H12N2.C2H6/c1-6(2)9-5-4-8-7(9)3;1-2/h4-6H,1-3H3;1-2H3. The van der Waals surface area contributed by atoms with Gasteiger partial charge in [0.05, 0.1) is 0 Å². The minimum atomic E-state index is 0.535. The zero-order valence-corrected chi connectivity index (χ0v) is 8.13. The van der Waals surface area contributed by atoms with Gasteiger partial charge in [0, 0.05) is 18.4 Å². The van der Waals surface area contributed by atoms with Gasteiger partial charge >= 0.3 is 0 Å². The van der Waals surface area contributed by atoms with Crippen LogP contribution in [-0.4, -0.2) is 9.55 Å². The molecule has 0 N–H and O–H groups in total. The predicted octanol–water partition coefficient (Wildman–Crippen LogP) is 2.80. The van der Waals surface area contributed by atoms with Gasteiger partial charge < -0.3 is 4.57 Å². The molecular formula is C9H18N2. The number of hydrogen-bond donors (Lipinski definition) is 0. The Hall–Kier alpha value is -0.790. The van der Waals surface area contributed by atoms with Crippen LogP contribution in [-0.2, 0) is 0 Å². The van der Waals surface area contributed by atoms with E-state index < -0.39 is 0 Å². The maximum Gasteiger partial charge on any atom is 0.105 e. The summed E-state index contributed by atoms with van der Waals surface area (Å²) < 4.78 is 2.14. The first-order valence-corrected chi connectivity index (χ1v) is 4.21. The largest absolute Gasteiger partial charge is 0.333 e. The van der Waals surface area contributed by atoms with E-state index in [1.165, 1.54) is 0 Å². The summed E-state index contributed by atoms with van der Waals surface area (Å²) in [5, 5.41) is 0. The fraction of sp³-hybridized carbons (Fsp3) is 0.667. The smallest absolute Gasteiger partial charge is 0.105 e. The van der Waals surface area contributed by atoms with Crippen molar-refractivity contribution in [2.75, 3.05) is 0 Å². The molecule has 0 aliphatic carbocycles. The number of aromatic nitrogens is 2. The van der Waals surface area contributed by atoms with Crippen LogP contribution in [0.1, 0.15) is 39.6 Å². The summed E-state index contributed by atoms with van der Waals surface area (Å²) in [7, 11) is 0. The highest BCUT2D eigenvalue weighted by atomic mass is 15.1. The van der Waals surface area contributed by atoms with E-state index in [1.807, 2.05) is 33.2 Å². The van der Waals surface area contributed by atoms with Crippen LogP contribution in [0.2, 0.25) is 0 Å². The Morgan fingerprint density at radius 2 is 1.91 bits per heavy atom. The van der Waals surface area contributed by atoms with Gasteiger partial charge in [0.15, 0.2) is 0 Å². The maximum absolute atomic E-state index is 4.10. The molecule has 0 unspecified atom stereocenters. The lowest BCUT2D eigenvalue weighted by Crippen LogP contribution is -2.00. The molecule has 1 aromatic heterocycles. The second-order valence-corrected chi connectivity index (χ2v) is 2.48. The van der Waals surface area contributed by atoms with Crippen LogP contribution in [0, 0.1) is 6.92 Å². The number of nitrogens with zero attached hydrogens (tertiary/aromatic N) is 2. The molecule has 0 atom stereocenters. The van der Waals surface area contributed by atoms with Gasteiger partial charge in [0.25, 0.3) is 0 Å². The number of hydrogen-bond acceptors (Lipinski definition) is 1. The van der Waals surface area contributed by atoms with E-state index in [0.29, 0.717) is 6.04 Å². The summed E-state index contributed by atoms with van der Waals surface area (Å²) in [5.41, 5.74) is 0. The number of imidazole rings is 1. The van der Waals surface area contributed by atoms with Gasteiger partial charge in [0.1, 0.15) is 5.82 Å². The molecule has 64 valence electrons. The molecule has 1 rings (SSSR count). The highest BCUT2D eigenvalue weighted by Gasteiger charge is 1.98. The van der Waals surface area contributed by atoms with Crippen molar-refractivity contribution in [3.05, 3.63) is 18.2 Å². The monoisotopic (exact) mass is 154 g/mol. The van der Waals surface area contributed by atoms with Gasteiger partial charge in [-0.3, -0.25) is 0 Å². The molecule has 1 heterocycles. The van der Waals surface area contributed by atoms with E-state index in [4.69, 9.17) is 0 Å². The minimum Gasteiger partial charge on any atom is -0.333 e. The second kappa shape index (κ2) is 4.94. The summed E-state index contributed by atoms with van der Waals surface area (Å²) in [5.74, 6) is 1.09. The van der Waals surface area contributed by atoms with Crippen LogP contribution >= 0.6 is 0 Å². The van der Waals surface area contributed by atoms with Crippen LogP contribution in [0.5, 0.6) is 0 Å². The maximum atomic E-state index is 4.10. The molecule has 0 spiro atoms. The Balaban J connectivity index is 0.000000461. The number of aryl methyl sites for hydroxylation is 1. The SMILES string of the molecule is CC.Cc1nccn1C(C)C. The van der Waals surface area contributed by atoms with Crippen LogP contribution in [0.4, 0.5) is 0 Å². The van der Waals surface area contributed by atoms with Crippen molar-refractivity contribution in [1.82, 2.24) is 9.55 Å². The summed E-state index contributed by atoms with van der Waals surface area (Å²) in [4.78, 5) is 4.10. The topological polar surface area (TPSA) is 17.8 Å². The van der Waals surface area contributed by atoms with Crippen LogP contribution < -0.4 is 0 Å². The minimum absolute atomic E-state index is 0.535. The fourth-order valence-corrected chi connectivity index (χ4v) is 0.933. The second-order valence-electron chi connectivity index (χ2n) is 2.48. The molecule has 0 saturated heterocycles. The molecular weight excluding hydrogens is 136 g/mol. The lowest BCUT2D eigenvalue weighted by Gasteiger charge is -2.07. The highest BCUT2D eigenvalue weighted by molar-refractivity contribution is 4.90. The third-order valence-corrected chi connectivity index (χ3v) is 1.42. The summed E-state index contributed by atoms with van der Waals surface area (Å²) in [6, 6.07) is 0.535. The van der Waals surface area contributed by atoms with Crippen molar-refractivity contribution < 1.29 is 0 Å². The average molecular weight is 154 g/mol. The summed E-state index contributed by atoms with van der Waals surface area (Å²) in [6.07, 6.45) is 3.83. The first-order valence-electron chi connectivity index (χ1n) is 4.21.